The molecule has 0 nitrogen and oxygen atoms in total. The van der Waals surface area contributed by atoms with Crippen molar-refractivity contribution < 1.29 is 0 Å². The fourth-order valence-electron chi connectivity index (χ4n) is 4.02. The maximum atomic E-state index is 4.91. The molecular formula is C26H23Cl3GeSi. The number of rotatable bonds is 5. The van der Waals surface area contributed by atoms with Crippen molar-refractivity contribution in [3.8, 4) is 0 Å². The second kappa shape index (κ2) is 11.9. The average Bonchev–Trinajstić information content (AvgIpc) is 2.81. The van der Waals surface area contributed by atoms with Crippen LogP contribution < -0.4 is 0 Å². The molecule has 0 fully saturated rings. The number of halogens is 3. The van der Waals surface area contributed by atoms with Crippen molar-refractivity contribution >= 4 is 56.5 Å². The molecule has 0 aliphatic heterocycles. The van der Waals surface area contributed by atoms with Gasteiger partial charge in [-0.25, -0.2) is 0 Å². The molecule has 0 aliphatic carbocycles. The Hall–Kier alpha value is -1.49. The van der Waals surface area contributed by atoms with E-state index in [4.69, 9.17) is 33.2 Å². The van der Waals surface area contributed by atoms with Gasteiger partial charge in [0.05, 0.1) is 0 Å². The van der Waals surface area contributed by atoms with Crippen LogP contribution >= 0.6 is 33.2 Å². The first-order valence-electron chi connectivity index (χ1n) is 9.93. The molecular weight excluding hydrogens is 519 g/mol. The summed E-state index contributed by atoms with van der Waals surface area (Å²) in [5, 5.41) is 0. The monoisotopic (exact) mass is 542 g/mol. The van der Waals surface area contributed by atoms with E-state index in [0.29, 0.717) is 0 Å². The van der Waals surface area contributed by atoms with Crippen molar-refractivity contribution in [3.05, 3.63) is 144 Å². The fourth-order valence-corrected chi connectivity index (χ4v) is 6.00. The number of hydrogen-bond donors (Lipinski definition) is 0. The molecule has 4 rings (SSSR count). The molecule has 0 amide bonds. The van der Waals surface area contributed by atoms with E-state index < -0.39 is 6.73 Å². The summed E-state index contributed by atoms with van der Waals surface area (Å²) >= 11 is 15.9. The van der Waals surface area contributed by atoms with Gasteiger partial charge in [-0.15, -0.1) is 33.2 Å². The van der Waals surface area contributed by atoms with Gasteiger partial charge in [-0.2, -0.15) is 0 Å². The Morgan fingerprint density at radius 3 is 1.06 bits per heavy atom. The van der Waals surface area contributed by atoms with E-state index in [1.807, 2.05) is 0 Å². The summed E-state index contributed by atoms with van der Waals surface area (Å²) in [5.41, 5.74) is 5.49. The topological polar surface area (TPSA) is 0 Å². The molecule has 0 atom stereocenters. The molecule has 31 heavy (non-hydrogen) atoms. The standard InChI is InChI=1S/C26H23Ge.Cl3Si/c27-26(23-17-9-3-10-18-23,24-19-11-4-12-20-24)25(21-13-5-1-6-14-21)22-15-7-2-8-16-22;1-4(2)3/h1-20,25H,27H2;. The van der Waals surface area contributed by atoms with Crippen LogP contribution in [-0.2, 0) is 4.25 Å². The van der Waals surface area contributed by atoms with E-state index in [9.17, 15) is 0 Å². The first kappa shape index (κ1) is 24.2. The van der Waals surface area contributed by atoms with Crippen LogP contribution in [0.5, 0.6) is 0 Å². The van der Waals surface area contributed by atoms with Gasteiger partial charge >= 0.3 is 177 Å². The zero-order chi connectivity index (χ0) is 22.1. The van der Waals surface area contributed by atoms with Gasteiger partial charge in [0.2, 0.25) is 0 Å². The van der Waals surface area contributed by atoms with Crippen molar-refractivity contribution in [1.82, 2.24) is 0 Å². The Bertz CT molecular complexity index is 947. The van der Waals surface area contributed by atoms with Gasteiger partial charge < -0.3 is 0 Å². The van der Waals surface area contributed by atoms with Gasteiger partial charge in [0.25, 0.3) is 0 Å². The first-order valence-corrected chi connectivity index (χ1v) is 15.9. The molecule has 0 saturated heterocycles. The first-order chi connectivity index (χ1) is 15.0. The third-order valence-electron chi connectivity index (χ3n) is 5.34. The van der Waals surface area contributed by atoms with Crippen LogP contribution in [0.4, 0.5) is 0 Å². The zero-order valence-electron chi connectivity index (χ0n) is 17.0. The number of hydrogen-bond acceptors (Lipinski definition) is 0. The Morgan fingerprint density at radius 1 is 0.516 bits per heavy atom. The van der Waals surface area contributed by atoms with E-state index in [1.165, 1.54) is 22.3 Å². The summed E-state index contributed by atoms with van der Waals surface area (Å²) in [4.78, 5) is 0. The van der Waals surface area contributed by atoms with Crippen LogP contribution in [0.3, 0.4) is 0 Å². The van der Waals surface area contributed by atoms with Crippen molar-refractivity contribution in [2.24, 2.45) is 0 Å². The number of benzene rings is 4. The van der Waals surface area contributed by atoms with Gasteiger partial charge in [0.1, 0.15) is 0 Å². The van der Waals surface area contributed by atoms with Gasteiger partial charge in [0, 0.05) is 0 Å². The van der Waals surface area contributed by atoms with E-state index >= 15 is 0 Å². The van der Waals surface area contributed by atoms with E-state index in [0.717, 1.165) is 16.5 Å². The molecule has 0 N–H and O–H groups in total. The van der Waals surface area contributed by atoms with Crippen LogP contribution in [0.15, 0.2) is 121 Å². The summed E-state index contributed by atoms with van der Waals surface area (Å²) in [5.74, 6) is 0.268. The molecule has 0 heterocycles. The molecule has 0 aromatic heterocycles. The molecule has 156 valence electrons. The van der Waals surface area contributed by atoms with E-state index in [-0.39, 0.29) is 10.2 Å². The van der Waals surface area contributed by atoms with Gasteiger partial charge in [-0.3, -0.25) is 0 Å². The average molecular weight is 543 g/mol. The van der Waals surface area contributed by atoms with Gasteiger partial charge in [0.15, 0.2) is 0 Å². The van der Waals surface area contributed by atoms with Crippen LogP contribution in [0.25, 0.3) is 0 Å². The summed E-state index contributed by atoms with van der Waals surface area (Å²) in [7, 11) is 0. The van der Waals surface area contributed by atoms with E-state index in [2.05, 4.69) is 121 Å². The molecule has 2 radical (unpaired) electrons. The second-order valence-electron chi connectivity index (χ2n) is 7.17. The second-order valence-corrected chi connectivity index (χ2v) is 15.1. The van der Waals surface area contributed by atoms with E-state index in [1.54, 1.807) is 0 Å². The van der Waals surface area contributed by atoms with Crippen LogP contribution in [0, 0.1) is 0 Å². The summed E-state index contributed by atoms with van der Waals surface area (Å²) in [6, 6.07) is 43.9. The molecule has 4 aromatic carbocycles. The molecule has 0 aliphatic rings. The third kappa shape index (κ3) is 6.27. The Morgan fingerprint density at radius 2 is 0.774 bits per heavy atom. The molecule has 0 spiro atoms. The molecule has 0 saturated carbocycles. The minimum absolute atomic E-state index is 0.0643. The quantitative estimate of drug-likeness (QED) is 0.187. The molecule has 0 bridgehead atoms. The minimum atomic E-state index is -1.46. The molecule has 5 heteroatoms. The summed E-state index contributed by atoms with van der Waals surface area (Å²) in [6.45, 7) is -1.46. The van der Waals surface area contributed by atoms with Gasteiger partial charge in [-0.05, 0) is 0 Å². The summed E-state index contributed by atoms with van der Waals surface area (Å²) in [6.07, 6.45) is 0. The molecule has 0 unspecified atom stereocenters. The van der Waals surface area contributed by atoms with Crippen molar-refractivity contribution in [3.63, 3.8) is 0 Å². The summed E-state index contributed by atoms with van der Waals surface area (Å²) < 4.78 is -0.0643. The maximum absolute atomic E-state index is 4.91. The van der Waals surface area contributed by atoms with Crippen LogP contribution in [-0.4, -0.2) is 23.2 Å². The van der Waals surface area contributed by atoms with Crippen LogP contribution in [0.2, 0.25) is 0 Å². The Balaban J connectivity index is 0.000000628. The van der Waals surface area contributed by atoms with Crippen LogP contribution in [0.1, 0.15) is 28.2 Å². The Labute approximate surface area is 209 Å². The SMILES string of the molecule is Cl[Si](Cl)Cl.[GeH2][C](c1ccccc1)(c1ccccc1)C(c1ccccc1)c1ccccc1. The van der Waals surface area contributed by atoms with Crippen molar-refractivity contribution in [2.75, 3.05) is 0 Å². The molecule has 4 aromatic rings. The van der Waals surface area contributed by atoms with Crippen molar-refractivity contribution in [1.29, 1.82) is 0 Å². The van der Waals surface area contributed by atoms with Crippen molar-refractivity contribution in [2.45, 2.75) is 10.2 Å². The third-order valence-corrected chi connectivity index (χ3v) is 7.91. The fraction of sp³-hybridized carbons (Fsp3) is 0.0769. The predicted octanol–water partition coefficient (Wildman–Crippen LogP) is 7.08. The predicted molar refractivity (Wildman–Crippen MR) is 140 cm³/mol. The zero-order valence-corrected chi connectivity index (χ0v) is 23.2. The van der Waals surface area contributed by atoms with Gasteiger partial charge in [-0.1, -0.05) is 0 Å². The normalized spacial score (nSPS) is 11.2. The Kier molecular flexibility index (Phi) is 9.30.